The molecule has 2 heterocycles. The van der Waals surface area contributed by atoms with Gasteiger partial charge in [-0.15, -0.1) is 0 Å². The van der Waals surface area contributed by atoms with E-state index in [4.69, 9.17) is 0 Å². The minimum Gasteiger partial charge on any atom is -0.342 e. The van der Waals surface area contributed by atoms with Crippen LogP contribution in [0.4, 0.5) is 4.39 Å². The molecular formula is C18H23FN2O. The molecule has 1 aromatic carbocycles. The van der Waals surface area contributed by atoms with E-state index in [-0.39, 0.29) is 17.1 Å². The summed E-state index contributed by atoms with van der Waals surface area (Å²) in [5.74, 6) is 0.0283. The zero-order valence-electron chi connectivity index (χ0n) is 12.9. The van der Waals surface area contributed by atoms with Crippen LogP contribution in [0, 0.1) is 11.2 Å². The molecule has 1 spiro atoms. The van der Waals surface area contributed by atoms with Gasteiger partial charge in [-0.1, -0.05) is 12.1 Å². The second kappa shape index (κ2) is 5.05. The van der Waals surface area contributed by atoms with Crippen LogP contribution >= 0.6 is 0 Å². The lowest BCUT2D eigenvalue weighted by Gasteiger charge is -2.40. The minimum absolute atomic E-state index is 0.236. The van der Waals surface area contributed by atoms with E-state index in [1.807, 2.05) is 0 Å². The number of amides is 1. The van der Waals surface area contributed by atoms with Gasteiger partial charge in [-0.3, -0.25) is 4.79 Å². The lowest BCUT2D eigenvalue weighted by Crippen LogP contribution is -2.47. The molecule has 118 valence electrons. The van der Waals surface area contributed by atoms with Crippen LogP contribution in [0.15, 0.2) is 24.3 Å². The first-order valence-electron chi connectivity index (χ1n) is 8.40. The van der Waals surface area contributed by atoms with Crippen LogP contribution in [-0.2, 0) is 10.2 Å². The third-order valence-electron chi connectivity index (χ3n) is 6.00. The highest BCUT2D eigenvalue weighted by atomic mass is 19.1. The molecular weight excluding hydrogens is 279 g/mol. The van der Waals surface area contributed by atoms with Gasteiger partial charge in [-0.05, 0) is 61.8 Å². The maximum Gasteiger partial charge on any atom is 0.233 e. The third-order valence-corrected chi connectivity index (χ3v) is 6.00. The Hall–Kier alpha value is -1.42. The SMILES string of the molecule is O=C(N1CCC2(CCNC2)CC1)C1(c2ccc(F)cc2)CC1. The van der Waals surface area contributed by atoms with E-state index < -0.39 is 0 Å². The number of nitrogens with zero attached hydrogens (tertiary/aromatic N) is 1. The molecule has 4 rings (SSSR count). The Labute approximate surface area is 130 Å². The molecule has 0 unspecified atom stereocenters. The number of nitrogens with one attached hydrogen (secondary N) is 1. The van der Waals surface area contributed by atoms with E-state index in [9.17, 15) is 9.18 Å². The van der Waals surface area contributed by atoms with Gasteiger partial charge in [-0.25, -0.2) is 4.39 Å². The van der Waals surface area contributed by atoms with Crippen molar-refractivity contribution >= 4 is 5.91 Å². The number of rotatable bonds is 2. The summed E-state index contributed by atoms with van der Waals surface area (Å²) >= 11 is 0. The highest BCUT2D eigenvalue weighted by Gasteiger charge is 2.53. The van der Waals surface area contributed by atoms with E-state index in [1.54, 1.807) is 12.1 Å². The molecule has 1 saturated carbocycles. The molecule has 3 fully saturated rings. The second-order valence-electron chi connectivity index (χ2n) is 7.31. The van der Waals surface area contributed by atoms with Crippen LogP contribution in [-0.4, -0.2) is 37.0 Å². The van der Waals surface area contributed by atoms with Crippen molar-refractivity contribution in [3.8, 4) is 0 Å². The van der Waals surface area contributed by atoms with Gasteiger partial charge >= 0.3 is 0 Å². The first-order chi connectivity index (χ1) is 10.6. The van der Waals surface area contributed by atoms with Gasteiger partial charge in [-0.2, -0.15) is 0 Å². The van der Waals surface area contributed by atoms with Crippen molar-refractivity contribution in [2.75, 3.05) is 26.2 Å². The maximum atomic E-state index is 13.1. The summed E-state index contributed by atoms with van der Waals surface area (Å²) in [6, 6.07) is 6.51. The third kappa shape index (κ3) is 2.24. The number of hydrogen-bond donors (Lipinski definition) is 1. The normalized spacial score (nSPS) is 25.4. The molecule has 0 atom stereocenters. The Balaban J connectivity index is 1.47. The lowest BCUT2D eigenvalue weighted by molar-refractivity contribution is -0.136. The Morgan fingerprint density at radius 2 is 1.73 bits per heavy atom. The highest BCUT2D eigenvalue weighted by molar-refractivity contribution is 5.91. The Bertz CT molecular complexity index is 563. The van der Waals surface area contributed by atoms with Gasteiger partial charge in [0, 0.05) is 19.6 Å². The van der Waals surface area contributed by atoms with Gasteiger partial charge in [0.15, 0.2) is 0 Å². The molecule has 0 aromatic heterocycles. The number of benzene rings is 1. The van der Waals surface area contributed by atoms with Crippen molar-refractivity contribution < 1.29 is 9.18 Å². The van der Waals surface area contributed by atoms with E-state index in [2.05, 4.69) is 10.2 Å². The number of carbonyl (C=O) groups is 1. The molecule has 1 aliphatic carbocycles. The number of likely N-dealkylation sites (tertiary alicyclic amines) is 1. The standard InChI is InChI=1S/C18H23FN2O/c19-15-3-1-14(2-4-15)18(5-6-18)16(22)21-11-8-17(9-12-21)7-10-20-13-17/h1-4,20H,5-13H2. The largest absolute Gasteiger partial charge is 0.342 e. The van der Waals surface area contributed by atoms with Crippen LogP contribution in [0.5, 0.6) is 0 Å². The molecule has 1 amide bonds. The van der Waals surface area contributed by atoms with Gasteiger partial charge in [0.1, 0.15) is 5.82 Å². The van der Waals surface area contributed by atoms with Gasteiger partial charge in [0.2, 0.25) is 5.91 Å². The molecule has 1 aromatic rings. The van der Waals surface area contributed by atoms with Crippen LogP contribution < -0.4 is 5.32 Å². The fraction of sp³-hybridized carbons (Fsp3) is 0.611. The number of halogens is 1. The molecule has 22 heavy (non-hydrogen) atoms. The summed E-state index contributed by atoms with van der Waals surface area (Å²) in [4.78, 5) is 15.0. The first kappa shape index (κ1) is 14.2. The van der Waals surface area contributed by atoms with Gasteiger partial charge < -0.3 is 10.2 Å². The molecule has 3 nitrogen and oxygen atoms in total. The van der Waals surface area contributed by atoms with Gasteiger partial charge in [0.25, 0.3) is 0 Å². The number of piperidine rings is 1. The summed E-state index contributed by atoms with van der Waals surface area (Å²) in [7, 11) is 0. The number of carbonyl (C=O) groups excluding carboxylic acids is 1. The summed E-state index contributed by atoms with van der Waals surface area (Å²) in [6.07, 6.45) is 5.29. The Morgan fingerprint density at radius 3 is 2.27 bits per heavy atom. The zero-order chi connectivity index (χ0) is 15.2. The van der Waals surface area contributed by atoms with Crippen molar-refractivity contribution in [3.05, 3.63) is 35.6 Å². The average Bonchev–Trinajstić information content (AvgIpc) is 3.24. The second-order valence-corrected chi connectivity index (χ2v) is 7.31. The summed E-state index contributed by atoms with van der Waals surface area (Å²) in [5, 5.41) is 3.46. The van der Waals surface area contributed by atoms with Gasteiger partial charge in [0.05, 0.1) is 5.41 Å². The van der Waals surface area contributed by atoms with Crippen molar-refractivity contribution in [1.29, 1.82) is 0 Å². The highest BCUT2D eigenvalue weighted by Crippen LogP contribution is 2.50. The van der Waals surface area contributed by atoms with Crippen molar-refractivity contribution in [1.82, 2.24) is 10.2 Å². The zero-order valence-corrected chi connectivity index (χ0v) is 12.9. The lowest BCUT2D eigenvalue weighted by atomic mass is 9.77. The molecule has 0 bridgehead atoms. The predicted molar refractivity (Wildman–Crippen MR) is 83.0 cm³/mol. The van der Waals surface area contributed by atoms with Crippen LogP contribution in [0.25, 0.3) is 0 Å². The topological polar surface area (TPSA) is 32.3 Å². The predicted octanol–water partition coefficient (Wildman–Crippen LogP) is 2.46. The van der Waals surface area contributed by atoms with Crippen LogP contribution in [0.1, 0.15) is 37.7 Å². The summed E-state index contributed by atoms with van der Waals surface area (Å²) in [6.45, 7) is 3.98. The molecule has 4 heteroatoms. The Kier molecular flexibility index (Phi) is 3.26. The van der Waals surface area contributed by atoms with Crippen molar-refractivity contribution in [2.45, 2.75) is 37.5 Å². The Morgan fingerprint density at radius 1 is 1.05 bits per heavy atom. The molecule has 2 saturated heterocycles. The first-order valence-corrected chi connectivity index (χ1v) is 8.40. The molecule has 0 radical (unpaired) electrons. The molecule has 1 N–H and O–H groups in total. The maximum absolute atomic E-state index is 13.1. The molecule has 2 aliphatic heterocycles. The van der Waals surface area contributed by atoms with Crippen molar-refractivity contribution in [3.63, 3.8) is 0 Å². The fourth-order valence-electron chi connectivity index (χ4n) is 4.23. The smallest absolute Gasteiger partial charge is 0.233 e. The van der Waals surface area contributed by atoms with E-state index in [0.29, 0.717) is 5.41 Å². The number of hydrogen-bond acceptors (Lipinski definition) is 2. The monoisotopic (exact) mass is 302 g/mol. The quantitative estimate of drug-likeness (QED) is 0.910. The molecule has 3 aliphatic rings. The summed E-state index contributed by atoms with van der Waals surface area (Å²) in [5.41, 5.74) is 1.07. The summed E-state index contributed by atoms with van der Waals surface area (Å²) < 4.78 is 13.1. The van der Waals surface area contributed by atoms with E-state index >= 15 is 0 Å². The van der Waals surface area contributed by atoms with Crippen molar-refractivity contribution in [2.24, 2.45) is 5.41 Å². The average molecular weight is 302 g/mol. The van der Waals surface area contributed by atoms with Crippen LogP contribution in [0.2, 0.25) is 0 Å². The van der Waals surface area contributed by atoms with E-state index in [1.165, 1.54) is 18.6 Å². The van der Waals surface area contributed by atoms with E-state index in [0.717, 1.165) is 57.4 Å². The van der Waals surface area contributed by atoms with Crippen LogP contribution in [0.3, 0.4) is 0 Å². The fourth-order valence-corrected chi connectivity index (χ4v) is 4.23. The minimum atomic E-state index is -0.355.